The van der Waals surface area contributed by atoms with Gasteiger partial charge < -0.3 is 9.84 Å². The van der Waals surface area contributed by atoms with Crippen molar-refractivity contribution in [3.05, 3.63) is 0 Å². The second-order valence-electron chi connectivity index (χ2n) is 3.35. The summed E-state index contributed by atoms with van der Waals surface area (Å²) in [6, 6.07) is 0. The summed E-state index contributed by atoms with van der Waals surface area (Å²) >= 11 is 0. The van der Waals surface area contributed by atoms with Crippen LogP contribution in [0.4, 0.5) is 4.39 Å². The fourth-order valence-electron chi connectivity index (χ4n) is 1.06. The largest absolute Gasteiger partial charge is 0.464 e. The summed E-state index contributed by atoms with van der Waals surface area (Å²) in [5, 5.41) is 9.45. The van der Waals surface area contributed by atoms with Crippen LogP contribution in [0, 0.1) is 0 Å². The van der Waals surface area contributed by atoms with Gasteiger partial charge >= 0.3 is 5.97 Å². The second-order valence-corrected chi connectivity index (χ2v) is 3.35. The molecule has 0 aliphatic heterocycles. The maximum Gasteiger partial charge on any atom is 0.343 e. The van der Waals surface area contributed by atoms with Gasteiger partial charge in [0.15, 0.2) is 0 Å². The molecular weight excluding hydrogens is 191 g/mol. The zero-order valence-electron chi connectivity index (χ0n) is 8.54. The van der Waals surface area contributed by atoms with E-state index < -0.39 is 24.2 Å². The number of Topliss-reactive ketones (excluding diaryl/α,β-unsaturated/α-hetero) is 1. The highest BCUT2D eigenvalue weighted by atomic mass is 19.1. The van der Waals surface area contributed by atoms with E-state index in [4.69, 9.17) is 0 Å². The lowest BCUT2D eigenvalue weighted by Gasteiger charge is -2.24. The van der Waals surface area contributed by atoms with Crippen molar-refractivity contribution in [1.82, 2.24) is 0 Å². The summed E-state index contributed by atoms with van der Waals surface area (Å²) < 4.78 is 17.6. The lowest BCUT2D eigenvalue weighted by atomic mass is 9.94. The average Bonchev–Trinajstić information content (AvgIpc) is 2.01. The minimum Gasteiger partial charge on any atom is -0.464 e. The third-order valence-electron chi connectivity index (χ3n) is 1.65. The Morgan fingerprint density at radius 3 is 2.43 bits per heavy atom. The van der Waals surface area contributed by atoms with Gasteiger partial charge in [-0.3, -0.25) is 4.79 Å². The molecule has 2 atom stereocenters. The molecule has 0 aromatic heterocycles. The molecule has 82 valence electrons. The first-order chi connectivity index (χ1) is 6.31. The van der Waals surface area contributed by atoms with E-state index in [-0.39, 0.29) is 12.4 Å². The number of carbonyl (C=O) groups is 2. The van der Waals surface area contributed by atoms with E-state index in [1.165, 1.54) is 13.8 Å². The molecule has 0 fully saturated rings. The van der Waals surface area contributed by atoms with E-state index >= 15 is 0 Å². The Balaban J connectivity index is 4.40. The molecule has 0 radical (unpaired) electrons. The molecule has 0 aliphatic carbocycles. The summed E-state index contributed by atoms with van der Waals surface area (Å²) in [4.78, 5) is 21.6. The SMILES string of the molecule is CCOC(=O)C(F)C(C)(O)CC(C)=O. The molecule has 0 bridgehead atoms. The highest BCUT2D eigenvalue weighted by Gasteiger charge is 2.39. The molecule has 0 saturated carbocycles. The Bertz CT molecular complexity index is 225. The predicted octanol–water partition coefficient (Wildman–Crippen LogP) is 0.618. The zero-order valence-corrected chi connectivity index (χ0v) is 8.54. The Labute approximate surface area is 82.1 Å². The zero-order chi connectivity index (χ0) is 11.4. The molecule has 0 spiro atoms. The number of hydrogen-bond donors (Lipinski definition) is 1. The summed E-state index contributed by atoms with van der Waals surface area (Å²) in [5.74, 6) is -1.53. The highest BCUT2D eigenvalue weighted by Crippen LogP contribution is 2.19. The van der Waals surface area contributed by atoms with E-state index in [1.807, 2.05) is 0 Å². The van der Waals surface area contributed by atoms with Crippen LogP contribution in [0.2, 0.25) is 0 Å². The molecule has 1 N–H and O–H groups in total. The lowest BCUT2D eigenvalue weighted by molar-refractivity contribution is -0.160. The molecule has 0 amide bonds. The second kappa shape index (κ2) is 5.05. The maximum atomic E-state index is 13.2. The van der Waals surface area contributed by atoms with E-state index in [0.29, 0.717) is 0 Å². The van der Waals surface area contributed by atoms with Crippen molar-refractivity contribution < 1.29 is 23.8 Å². The van der Waals surface area contributed by atoms with Crippen molar-refractivity contribution in [3.63, 3.8) is 0 Å². The first kappa shape index (κ1) is 13.0. The molecule has 5 heteroatoms. The Morgan fingerprint density at radius 1 is 1.57 bits per heavy atom. The van der Waals surface area contributed by atoms with E-state index in [1.54, 1.807) is 0 Å². The number of aliphatic hydroxyl groups is 1. The van der Waals surface area contributed by atoms with Gasteiger partial charge in [0.1, 0.15) is 11.4 Å². The number of halogens is 1. The number of alkyl halides is 1. The van der Waals surface area contributed by atoms with Crippen molar-refractivity contribution in [2.45, 2.75) is 39.0 Å². The number of ketones is 1. The van der Waals surface area contributed by atoms with Gasteiger partial charge in [0.2, 0.25) is 6.17 Å². The van der Waals surface area contributed by atoms with Crippen molar-refractivity contribution in [1.29, 1.82) is 0 Å². The van der Waals surface area contributed by atoms with Crippen LogP contribution < -0.4 is 0 Å². The molecule has 4 nitrogen and oxygen atoms in total. The van der Waals surface area contributed by atoms with Gasteiger partial charge in [-0.15, -0.1) is 0 Å². The Kier molecular flexibility index (Phi) is 4.70. The lowest BCUT2D eigenvalue weighted by Crippen LogP contribution is -2.43. The van der Waals surface area contributed by atoms with Crippen molar-refractivity contribution in [3.8, 4) is 0 Å². The molecule has 2 unspecified atom stereocenters. The molecule has 0 aromatic carbocycles. The van der Waals surface area contributed by atoms with E-state index in [0.717, 1.165) is 6.92 Å². The Morgan fingerprint density at radius 2 is 2.07 bits per heavy atom. The normalized spacial score (nSPS) is 16.9. The van der Waals surface area contributed by atoms with Gasteiger partial charge in [0, 0.05) is 6.42 Å². The van der Waals surface area contributed by atoms with E-state index in [9.17, 15) is 19.1 Å². The molecule has 0 saturated heterocycles. The van der Waals surface area contributed by atoms with Crippen LogP contribution in [-0.4, -0.2) is 35.2 Å². The quantitative estimate of drug-likeness (QED) is 0.670. The summed E-state index contributed by atoms with van der Waals surface area (Å²) in [5.41, 5.74) is -1.99. The van der Waals surface area contributed by atoms with Gasteiger partial charge in [-0.2, -0.15) is 0 Å². The first-order valence-electron chi connectivity index (χ1n) is 4.33. The molecule has 14 heavy (non-hydrogen) atoms. The average molecular weight is 206 g/mol. The van der Waals surface area contributed by atoms with Crippen molar-refractivity contribution in [2.75, 3.05) is 6.61 Å². The number of ether oxygens (including phenoxy) is 1. The molecule has 0 heterocycles. The van der Waals surface area contributed by atoms with Crippen LogP contribution in [0.5, 0.6) is 0 Å². The van der Waals surface area contributed by atoms with E-state index in [2.05, 4.69) is 4.74 Å². The van der Waals surface area contributed by atoms with Crippen molar-refractivity contribution in [2.24, 2.45) is 0 Å². The fourth-order valence-corrected chi connectivity index (χ4v) is 1.06. The summed E-state index contributed by atoms with van der Waals surface area (Å²) in [6.07, 6.45) is -2.60. The van der Waals surface area contributed by atoms with Gasteiger partial charge in [-0.05, 0) is 20.8 Å². The van der Waals surface area contributed by atoms with Crippen LogP contribution >= 0.6 is 0 Å². The first-order valence-corrected chi connectivity index (χ1v) is 4.33. The highest BCUT2D eigenvalue weighted by molar-refractivity contribution is 5.80. The number of rotatable bonds is 5. The van der Waals surface area contributed by atoms with Gasteiger partial charge in [-0.25, -0.2) is 9.18 Å². The van der Waals surface area contributed by atoms with Gasteiger partial charge in [0.05, 0.1) is 6.61 Å². The van der Waals surface area contributed by atoms with Gasteiger partial charge in [0.25, 0.3) is 0 Å². The van der Waals surface area contributed by atoms with Crippen LogP contribution in [0.1, 0.15) is 27.2 Å². The van der Waals surface area contributed by atoms with Crippen LogP contribution in [0.15, 0.2) is 0 Å². The van der Waals surface area contributed by atoms with Crippen LogP contribution in [0.25, 0.3) is 0 Å². The standard InChI is InChI=1S/C9H15FO4/c1-4-14-8(12)7(10)9(3,13)5-6(2)11/h7,13H,4-5H2,1-3H3. The third-order valence-corrected chi connectivity index (χ3v) is 1.65. The number of esters is 1. The minimum absolute atomic E-state index is 0.0371. The predicted molar refractivity (Wildman–Crippen MR) is 47.5 cm³/mol. The molecule has 0 aliphatic rings. The smallest absolute Gasteiger partial charge is 0.343 e. The number of hydrogen-bond acceptors (Lipinski definition) is 4. The minimum atomic E-state index is -2.19. The number of carbonyl (C=O) groups excluding carboxylic acids is 2. The fraction of sp³-hybridized carbons (Fsp3) is 0.778. The van der Waals surface area contributed by atoms with Crippen LogP contribution in [0.3, 0.4) is 0 Å². The molecule has 0 rings (SSSR count). The summed E-state index contributed by atoms with van der Waals surface area (Å²) in [7, 11) is 0. The monoisotopic (exact) mass is 206 g/mol. The molecule has 0 aromatic rings. The Hall–Kier alpha value is -0.970. The summed E-state index contributed by atoms with van der Waals surface area (Å²) in [6.45, 7) is 3.88. The third kappa shape index (κ3) is 3.83. The topological polar surface area (TPSA) is 63.6 Å². The van der Waals surface area contributed by atoms with Gasteiger partial charge in [-0.1, -0.05) is 0 Å². The molecular formula is C9H15FO4. The van der Waals surface area contributed by atoms with Crippen LogP contribution in [-0.2, 0) is 14.3 Å². The van der Waals surface area contributed by atoms with Crippen molar-refractivity contribution >= 4 is 11.8 Å². The maximum absolute atomic E-state index is 13.2.